The van der Waals surface area contributed by atoms with E-state index in [-0.39, 0.29) is 11.9 Å². The van der Waals surface area contributed by atoms with Gasteiger partial charge in [0.1, 0.15) is 17.8 Å². The zero-order valence-corrected chi connectivity index (χ0v) is 25.6. The van der Waals surface area contributed by atoms with Gasteiger partial charge in [-0.3, -0.25) is 9.69 Å². The lowest BCUT2D eigenvalue weighted by Gasteiger charge is -2.38. The molecule has 1 aliphatic heterocycles. The molecule has 0 radical (unpaired) electrons. The molecule has 5 nitrogen and oxygen atoms in total. The molecule has 0 aromatic heterocycles. The highest BCUT2D eigenvalue weighted by Gasteiger charge is 2.56. The Balaban J connectivity index is 1.80. The average Bonchev–Trinajstić information content (AvgIpc) is 3.25. The maximum absolute atomic E-state index is 14.9. The van der Waals surface area contributed by atoms with E-state index in [0.29, 0.717) is 15.6 Å². The van der Waals surface area contributed by atoms with Gasteiger partial charge in [-0.05, 0) is 56.5 Å². The van der Waals surface area contributed by atoms with Crippen LogP contribution in [0, 0.1) is 0 Å². The van der Waals surface area contributed by atoms with Crippen molar-refractivity contribution in [2.45, 2.75) is 57.5 Å². The van der Waals surface area contributed by atoms with Gasteiger partial charge in [-0.1, -0.05) is 120 Å². The predicted octanol–water partition coefficient (Wildman–Crippen LogP) is 9.03. The van der Waals surface area contributed by atoms with Gasteiger partial charge in [0.25, 0.3) is 5.91 Å². The minimum atomic E-state index is -0.927. The first-order chi connectivity index (χ1) is 20.1. The first kappa shape index (κ1) is 29.8. The van der Waals surface area contributed by atoms with Crippen LogP contribution in [0.3, 0.4) is 0 Å². The Morgan fingerprint density at radius 3 is 1.64 bits per heavy atom. The third kappa shape index (κ3) is 5.96. The molecule has 0 aliphatic carbocycles. The fourth-order valence-corrected chi connectivity index (χ4v) is 6.35. The van der Waals surface area contributed by atoms with Crippen molar-refractivity contribution in [3.63, 3.8) is 0 Å². The first-order valence-electron chi connectivity index (χ1n) is 14.0. The van der Waals surface area contributed by atoms with E-state index in [4.69, 9.17) is 27.9 Å². The van der Waals surface area contributed by atoms with Crippen LogP contribution >= 0.6 is 23.2 Å². The second-order valence-corrected chi connectivity index (χ2v) is 12.3. The highest BCUT2D eigenvalue weighted by Crippen LogP contribution is 2.50. The Bertz CT molecular complexity index is 1480. The van der Waals surface area contributed by atoms with Gasteiger partial charge in [-0.2, -0.15) is 0 Å². The van der Waals surface area contributed by atoms with Crippen molar-refractivity contribution < 1.29 is 14.3 Å². The molecule has 0 spiro atoms. The lowest BCUT2D eigenvalue weighted by atomic mass is 9.83. The summed E-state index contributed by atoms with van der Waals surface area (Å²) in [5, 5.41) is 0.714. The normalized spacial score (nSPS) is 18.4. The summed E-state index contributed by atoms with van der Waals surface area (Å²) in [5.41, 5.74) is 2.52. The Kier molecular flexibility index (Phi) is 8.74. The topological polar surface area (TPSA) is 49.9 Å². The van der Waals surface area contributed by atoms with Crippen LogP contribution in [-0.2, 0) is 9.53 Å². The molecule has 0 unspecified atom stereocenters. The molecule has 7 heteroatoms. The number of nitrogens with zero attached hydrogens (tertiary/aromatic N) is 2. The Labute approximate surface area is 257 Å². The maximum Gasteiger partial charge on any atom is 0.418 e. The van der Waals surface area contributed by atoms with Crippen LogP contribution in [0.1, 0.15) is 68.1 Å². The molecule has 0 N–H and O–H groups in total. The molecule has 3 atom stereocenters. The lowest BCUT2D eigenvalue weighted by Crippen LogP contribution is -2.41. The van der Waals surface area contributed by atoms with Gasteiger partial charge in [0, 0.05) is 27.6 Å². The Hall–Kier alpha value is -3.64. The summed E-state index contributed by atoms with van der Waals surface area (Å²) in [6.45, 7) is 7.38. The van der Waals surface area contributed by atoms with Crippen molar-refractivity contribution in [3.8, 4) is 0 Å². The largest absolute Gasteiger partial charge is 0.443 e. The van der Waals surface area contributed by atoms with Crippen LogP contribution in [0.5, 0.6) is 0 Å². The fourth-order valence-electron chi connectivity index (χ4n) is 5.76. The van der Waals surface area contributed by atoms with Gasteiger partial charge in [0.05, 0.1) is 0 Å². The van der Waals surface area contributed by atoms with E-state index < -0.39 is 29.8 Å². The van der Waals surface area contributed by atoms with Crippen LogP contribution in [0.15, 0.2) is 109 Å². The molecular formula is C35H34Cl2N2O3. The highest BCUT2D eigenvalue weighted by atomic mass is 35.5. The minimum absolute atomic E-state index is 0.320. The van der Waals surface area contributed by atoms with E-state index >= 15 is 0 Å². The van der Waals surface area contributed by atoms with Gasteiger partial charge in [-0.15, -0.1) is 0 Å². The van der Waals surface area contributed by atoms with Gasteiger partial charge in [0.15, 0.2) is 0 Å². The molecule has 4 aromatic carbocycles. The monoisotopic (exact) mass is 600 g/mol. The second-order valence-electron chi connectivity index (χ2n) is 11.5. The third-order valence-corrected chi connectivity index (χ3v) is 8.21. The third-order valence-electron chi connectivity index (χ3n) is 7.55. The van der Waals surface area contributed by atoms with Crippen LogP contribution in [0.25, 0.3) is 0 Å². The molecule has 0 saturated carbocycles. The standard InChI is InChI=1S/C35H34Cl2N2O3/c1-23(24-15-8-5-9-16-24)38-31(29(25-17-10-6-11-18-25)26-19-12-7-13-20-26)33(40)39(34(41)42-35(2,3)4)32(38)30-27(36)21-14-22-28(30)37/h5-23,29,31-32H,1-4H3/t23-,31-,32+/m0/s1. The van der Waals surface area contributed by atoms with E-state index in [2.05, 4.69) is 4.90 Å². The van der Waals surface area contributed by atoms with Crippen molar-refractivity contribution in [3.05, 3.63) is 141 Å². The Morgan fingerprint density at radius 2 is 1.19 bits per heavy atom. The molecule has 5 rings (SSSR count). The van der Waals surface area contributed by atoms with Crippen molar-refractivity contribution in [1.29, 1.82) is 0 Å². The molecule has 1 aliphatic rings. The molecule has 2 amide bonds. The lowest BCUT2D eigenvalue weighted by molar-refractivity contribution is -0.129. The van der Waals surface area contributed by atoms with Crippen molar-refractivity contribution >= 4 is 35.2 Å². The smallest absolute Gasteiger partial charge is 0.418 e. The summed E-state index contributed by atoms with van der Waals surface area (Å²) in [6, 6.07) is 33.8. The van der Waals surface area contributed by atoms with Gasteiger partial charge in [-0.25, -0.2) is 9.69 Å². The van der Waals surface area contributed by atoms with E-state index in [1.54, 1.807) is 39.0 Å². The maximum atomic E-state index is 14.9. The Morgan fingerprint density at radius 1 is 0.738 bits per heavy atom. The van der Waals surface area contributed by atoms with Crippen LogP contribution in [0.4, 0.5) is 4.79 Å². The van der Waals surface area contributed by atoms with Gasteiger partial charge in [0.2, 0.25) is 0 Å². The van der Waals surface area contributed by atoms with Gasteiger partial charge >= 0.3 is 6.09 Å². The van der Waals surface area contributed by atoms with E-state index in [0.717, 1.165) is 16.7 Å². The summed E-state index contributed by atoms with van der Waals surface area (Å²) >= 11 is 13.7. The summed E-state index contributed by atoms with van der Waals surface area (Å²) in [7, 11) is 0. The number of halogens is 2. The number of carbonyl (C=O) groups is 2. The van der Waals surface area contributed by atoms with Crippen molar-refractivity contribution in [1.82, 2.24) is 9.80 Å². The fraction of sp³-hybridized carbons (Fsp3) is 0.257. The molecule has 0 bridgehead atoms. The number of ether oxygens (including phenoxy) is 1. The second kappa shape index (κ2) is 12.3. The zero-order valence-electron chi connectivity index (χ0n) is 24.1. The minimum Gasteiger partial charge on any atom is -0.443 e. The number of amides is 2. The van der Waals surface area contributed by atoms with E-state index in [9.17, 15) is 9.59 Å². The average molecular weight is 602 g/mol. The first-order valence-corrected chi connectivity index (χ1v) is 14.8. The molecule has 4 aromatic rings. The summed E-state index contributed by atoms with van der Waals surface area (Å²) in [5.74, 6) is -0.798. The van der Waals surface area contributed by atoms with Crippen LogP contribution in [-0.4, -0.2) is 33.4 Å². The number of benzene rings is 4. The number of imide groups is 1. The molecule has 1 fully saturated rings. The molecule has 216 valence electrons. The number of carbonyl (C=O) groups excluding carboxylic acids is 2. The van der Waals surface area contributed by atoms with Crippen molar-refractivity contribution in [2.24, 2.45) is 0 Å². The summed E-state index contributed by atoms with van der Waals surface area (Å²) < 4.78 is 5.85. The highest BCUT2D eigenvalue weighted by molar-refractivity contribution is 6.36. The number of hydrogen-bond acceptors (Lipinski definition) is 4. The van der Waals surface area contributed by atoms with E-state index in [1.807, 2.05) is 97.9 Å². The molecule has 42 heavy (non-hydrogen) atoms. The SMILES string of the molecule is C[C@@H](c1ccccc1)N1[C@@H](C(c2ccccc2)c2ccccc2)C(=O)N(C(=O)OC(C)(C)C)[C@@H]1c1c(Cl)cccc1Cl. The van der Waals surface area contributed by atoms with Crippen molar-refractivity contribution in [2.75, 3.05) is 0 Å². The number of hydrogen-bond donors (Lipinski definition) is 0. The van der Waals surface area contributed by atoms with Gasteiger partial charge < -0.3 is 4.74 Å². The quantitative estimate of drug-likeness (QED) is 0.221. The summed E-state index contributed by atoms with van der Waals surface area (Å²) in [4.78, 5) is 32.1. The van der Waals surface area contributed by atoms with Crippen LogP contribution < -0.4 is 0 Å². The van der Waals surface area contributed by atoms with E-state index in [1.165, 1.54) is 4.90 Å². The molecule has 1 saturated heterocycles. The zero-order chi connectivity index (χ0) is 30.0. The molecular weight excluding hydrogens is 567 g/mol. The number of rotatable bonds is 6. The molecule has 1 heterocycles. The predicted molar refractivity (Wildman–Crippen MR) is 167 cm³/mol. The summed E-state index contributed by atoms with van der Waals surface area (Å²) in [6.07, 6.45) is -1.68. The van der Waals surface area contributed by atoms with Crippen LogP contribution in [0.2, 0.25) is 10.0 Å².